The van der Waals surface area contributed by atoms with Crippen molar-refractivity contribution in [2.75, 3.05) is 18.5 Å². The minimum atomic E-state index is -3.55. The van der Waals surface area contributed by atoms with Gasteiger partial charge in [0.2, 0.25) is 0 Å². The van der Waals surface area contributed by atoms with Gasteiger partial charge in [0, 0.05) is 11.3 Å². The Morgan fingerprint density at radius 1 is 0.957 bits per heavy atom. The van der Waals surface area contributed by atoms with E-state index in [-0.39, 0.29) is 13.2 Å². The quantitative estimate of drug-likeness (QED) is 0.452. The lowest BCUT2D eigenvalue weighted by Crippen LogP contribution is -2.14. The van der Waals surface area contributed by atoms with E-state index in [1.54, 1.807) is 13.8 Å². The summed E-state index contributed by atoms with van der Waals surface area (Å²) in [5.41, 5.74) is 1.64. The number of hydrogen-bond donors (Lipinski definition) is 1. The molecule has 2 aromatic carbocycles. The van der Waals surface area contributed by atoms with Gasteiger partial charge in [-0.2, -0.15) is 4.76 Å². The first-order chi connectivity index (χ1) is 11.2. The number of hydrogen-bond acceptors (Lipinski definition) is 3. The molecule has 0 heterocycles. The molecule has 1 N–H and O–H groups in total. The van der Waals surface area contributed by atoms with E-state index in [1.165, 1.54) is 0 Å². The van der Waals surface area contributed by atoms with Gasteiger partial charge in [-0.1, -0.05) is 48.5 Å². The van der Waals surface area contributed by atoms with Gasteiger partial charge in [0.15, 0.2) is 0 Å². The molecule has 0 saturated heterocycles. The summed E-state index contributed by atoms with van der Waals surface area (Å²) in [6.45, 7) is 4.03. The molecule has 2 aromatic rings. The smallest absolute Gasteiger partial charge is 0.340 e. The maximum absolute atomic E-state index is 12.7. The second-order valence-corrected chi connectivity index (χ2v) is 6.26. The molecule has 122 valence electrons. The molecule has 0 amide bonds. The maximum Gasteiger partial charge on any atom is 0.455 e. The molecule has 6 heteroatoms. The van der Waals surface area contributed by atoms with Crippen LogP contribution in [0.1, 0.15) is 19.4 Å². The standard InChI is InChI=1S/C17H21N2O3P/c1-3-21-23(20,22-4-2)19-17(15-11-7-5-8-12-15)18-16-13-9-6-10-14-16/h5-14H,3-4H2,1-2H3,(H,18,19,20). The van der Waals surface area contributed by atoms with Gasteiger partial charge >= 0.3 is 7.75 Å². The first kappa shape index (κ1) is 17.4. The lowest BCUT2D eigenvalue weighted by Gasteiger charge is -2.16. The molecular weight excluding hydrogens is 311 g/mol. The van der Waals surface area contributed by atoms with Crippen molar-refractivity contribution in [1.29, 1.82) is 0 Å². The van der Waals surface area contributed by atoms with Gasteiger partial charge in [0.1, 0.15) is 5.84 Å². The van der Waals surface area contributed by atoms with Crippen LogP contribution in [0.4, 0.5) is 5.69 Å². The fraction of sp³-hybridized carbons (Fsp3) is 0.235. The fourth-order valence-electron chi connectivity index (χ4n) is 1.95. The van der Waals surface area contributed by atoms with Crippen LogP contribution in [0.25, 0.3) is 0 Å². The number of rotatable bonds is 7. The number of para-hydroxylation sites is 1. The van der Waals surface area contributed by atoms with Crippen molar-refractivity contribution in [3.63, 3.8) is 0 Å². The minimum Gasteiger partial charge on any atom is -0.340 e. The molecule has 0 unspecified atom stereocenters. The summed E-state index contributed by atoms with van der Waals surface area (Å²) in [5.74, 6) is 0.446. The van der Waals surface area contributed by atoms with Crippen molar-refractivity contribution < 1.29 is 13.6 Å². The van der Waals surface area contributed by atoms with Crippen molar-refractivity contribution in [3.8, 4) is 0 Å². The Balaban J connectivity index is 2.40. The summed E-state index contributed by atoms with van der Waals surface area (Å²) >= 11 is 0. The molecule has 23 heavy (non-hydrogen) atoms. The molecule has 0 aliphatic heterocycles. The molecule has 0 spiro atoms. The van der Waals surface area contributed by atoms with Crippen LogP contribution in [-0.4, -0.2) is 19.0 Å². The summed E-state index contributed by atoms with van der Waals surface area (Å²) in [5, 5.41) is 3.19. The van der Waals surface area contributed by atoms with Gasteiger partial charge in [0.25, 0.3) is 0 Å². The van der Waals surface area contributed by atoms with Crippen LogP contribution >= 0.6 is 7.75 Å². The van der Waals surface area contributed by atoms with Crippen LogP contribution < -0.4 is 5.32 Å². The van der Waals surface area contributed by atoms with Crippen molar-refractivity contribution in [1.82, 2.24) is 0 Å². The normalized spacial score (nSPS) is 12.2. The van der Waals surface area contributed by atoms with Crippen LogP contribution in [0, 0.1) is 0 Å². The number of benzene rings is 2. The lowest BCUT2D eigenvalue weighted by atomic mass is 10.2. The number of nitrogens with zero attached hydrogens (tertiary/aromatic N) is 1. The summed E-state index contributed by atoms with van der Waals surface area (Å²) < 4.78 is 27.5. The second-order valence-electron chi connectivity index (χ2n) is 4.61. The average molecular weight is 332 g/mol. The molecule has 0 fully saturated rings. The van der Waals surface area contributed by atoms with E-state index in [4.69, 9.17) is 9.05 Å². The van der Waals surface area contributed by atoms with Crippen LogP contribution in [0.5, 0.6) is 0 Å². The topological polar surface area (TPSA) is 59.9 Å². The molecule has 0 aliphatic rings. The van der Waals surface area contributed by atoms with E-state index in [1.807, 2.05) is 60.7 Å². The zero-order valence-electron chi connectivity index (χ0n) is 13.3. The van der Waals surface area contributed by atoms with E-state index in [9.17, 15) is 4.57 Å². The molecule has 2 rings (SSSR count). The van der Waals surface area contributed by atoms with Crippen LogP contribution in [-0.2, 0) is 13.6 Å². The molecular formula is C17H21N2O3P. The summed E-state index contributed by atoms with van der Waals surface area (Å²) in [7, 11) is -3.55. The van der Waals surface area contributed by atoms with Crippen molar-refractivity contribution >= 4 is 19.3 Å². The molecule has 0 aliphatic carbocycles. The Morgan fingerprint density at radius 3 is 2.00 bits per heavy atom. The maximum atomic E-state index is 12.7. The second kappa shape index (κ2) is 8.63. The molecule has 0 aromatic heterocycles. The van der Waals surface area contributed by atoms with Gasteiger partial charge in [0.05, 0.1) is 13.2 Å². The molecule has 0 atom stereocenters. The van der Waals surface area contributed by atoms with E-state index < -0.39 is 7.75 Å². The Hall–Kier alpha value is -1.94. The van der Waals surface area contributed by atoms with E-state index in [2.05, 4.69) is 10.1 Å². The highest BCUT2D eigenvalue weighted by Crippen LogP contribution is 2.50. The Kier molecular flexibility index (Phi) is 6.53. The first-order valence-electron chi connectivity index (χ1n) is 7.53. The van der Waals surface area contributed by atoms with Crippen molar-refractivity contribution in [3.05, 3.63) is 66.2 Å². The Labute approximate surface area is 137 Å². The van der Waals surface area contributed by atoms with E-state index in [0.717, 1.165) is 11.3 Å². The Bertz CT molecular complexity index is 665. The van der Waals surface area contributed by atoms with E-state index in [0.29, 0.717) is 5.84 Å². The lowest BCUT2D eigenvalue weighted by molar-refractivity contribution is 0.221. The molecule has 5 nitrogen and oxygen atoms in total. The zero-order valence-corrected chi connectivity index (χ0v) is 14.2. The van der Waals surface area contributed by atoms with Gasteiger partial charge in [-0.15, -0.1) is 0 Å². The third kappa shape index (κ3) is 5.32. The Morgan fingerprint density at radius 2 is 1.48 bits per heavy atom. The predicted octanol–water partition coefficient (Wildman–Crippen LogP) is 4.73. The van der Waals surface area contributed by atoms with Crippen LogP contribution in [0.15, 0.2) is 65.4 Å². The number of anilines is 1. The van der Waals surface area contributed by atoms with Gasteiger partial charge in [-0.05, 0) is 26.0 Å². The monoisotopic (exact) mass is 332 g/mol. The largest absolute Gasteiger partial charge is 0.455 e. The summed E-state index contributed by atoms with van der Waals surface area (Å²) in [6, 6.07) is 19.0. The molecule has 0 bridgehead atoms. The predicted molar refractivity (Wildman–Crippen MR) is 93.9 cm³/mol. The van der Waals surface area contributed by atoms with Crippen molar-refractivity contribution in [2.45, 2.75) is 13.8 Å². The third-order valence-corrected chi connectivity index (χ3v) is 4.50. The van der Waals surface area contributed by atoms with Crippen LogP contribution in [0.3, 0.4) is 0 Å². The molecule has 0 radical (unpaired) electrons. The third-order valence-electron chi connectivity index (χ3n) is 2.89. The van der Waals surface area contributed by atoms with E-state index >= 15 is 0 Å². The van der Waals surface area contributed by atoms with Gasteiger partial charge in [-0.3, -0.25) is 9.05 Å². The number of nitrogens with one attached hydrogen (secondary N) is 1. The van der Waals surface area contributed by atoms with Gasteiger partial charge in [-0.25, -0.2) is 4.57 Å². The average Bonchev–Trinajstić information content (AvgIpc) is 2.56. The van der Waals surface area contributed by atoms with Crippen molar-refractivity contribution in [2.24, 2.45) is 4.76 Å². The molecule has 0 saturated carbocycles. The van der Waals surface area contributed by atoms with Crippen LogP contribution in [0.2, 0.25) is 0 Å². The highest BCUT2D eigenvalue weighted by Gasteiger charge is 2.24. The number of amidine groups is 1. The van der Waals surface area contributed by atoms with Gasteiger partial charge < -0.3 is 5.32 Å². The summed E-state index contributed by atoms with van der Waals surface area (Å²) in [4.78, 5) is 0. The highest BCUT2D eigenvalue weighted by atomic mass is 31.2. The fourth-order valence-corrected chi connectivity index (χ4v) is 3.21. The highest BCUT2D eigenvalue weighted by molar-refractivity contribution is 7.52. The first-order valence-corrected chi connectivity index (χ1v) is 9.03. The summed E-state index contributed by atoms with van der Waals surface area (Å²) in [6.07, 6.45) is 0. The minimum absolute atomic E-state index is 0.258. The SMILES string of the molecule is CCOP(=O)(N=C(Nc1ccccc1)c1ccccc1)OCC. The zero-order chi connectivity index (χ0) is 16.5.